The molecule has 0 saturated carbocycles. The molecule has 0 N–H and O–H groups in total. The van der Waals surface area contributed by atoms with Gasteiger partial charge in [0.1, 0.15) is 0 Å². The molecule has 0 amide bonds. The van der Waals surface area contributed by atoms with Crippen LogP contribution in [0.3, 0.4) is 0 Å². The van der Waals surface area contributed by atoms with Gasteiger partial charge < -0.3 is 4.57 Å². The molecule has 10 aromatic rings. The lowest BCUT2D eigenvalue weighted by atomic mass is 9.88. The van der Waals surface area contributed by atoms with Crippen molar-refractivity contribution in [1.29, 1.82) is 5.26 Å². The molecule has 0 bridgehead atoms. The predicted molar refractivity (Wildman–Crippen MR) is 248 cm³/mol. The van der Waals surface area contributed by atoms with Crippen LogP contribution < -0.4 is 0 Å². The standard InChI is InChI=1S/C55H30F6N6/c1-63-47-28-33(32-62)24-26-38(47)36-25-27-49-42(29-36)41-20-10-13-23-48(41)67(49)50-43(39-18-8-11-21-45(39)54(56,57)58)30-37(31-44(50)40-19-9-12-22-46(40)55(59,60)61)53-65-51(34-14-4-2-5-15-34)64-52(66-53)35-16-6-3-7-17-35/h2-31H. The van der Waals surface area contributed by atoms with Crippen molar-refractivity contribution in [2.45, 2.75) is 12.4 Å². The average molecular weight is 889 g/mol. The van der Waals surface area contributed by atoms with E-state index in [0.29, 0.717) is 49.6 Å². The maximum atomic E-state index is 15.4. The summed E-state index contributed by atoms with van der Waals surface area (Å²) in [5.41, 5.74) is 1.34. The molecule has 0 atom stereocenters. The van der Waals surface area contributed by atoms with Crippen molar-refractivity contribution < 1.29 is 26.3 Å². The van der Waals surface area contributed by atoms with Crippen LogP contribution in [0.15, 0.2) is 182 Å². The number of aromatic nitrogens is 4. The van der Waals surface area contributed by atoms with Gasteiger partial charge in [-0.15, -0.1) is 0 Å². The van der Waals surface area contributed by atoms with Crippen LogP contribution >= 0.6 is 0 Å². The van der Waals surface area contributed by atoms with Gasteiger partial charge in [0, 0.05) is 44.2 Å². The number of nitriles is 1. The van der Waals surface area contributed by atoms with Gasteiger partial charge in [0.2, 0.25) is 0 Å². The first-order chi connectivity index (χ1) is 32.4. The number of hydrogen-bond acceptors (Lipinski definition) is 4. The zero-order valence-corrected chi connectivity index (χ0v) is 34.8. The Morgan fingerprint density at radius 3 is 1.48 bits per heavy atom. The summed E-state index contributed by atoms with van der Waals surface area (Å²) in [5.74, 6) is 0.496. The third-order valence-corrected chi connectivity index (χ3v) is 11.6. The summed E-state index contributed by atoms with van der Waals surface area (Å²) in [6.45, 7) is 7.88. The van der Waals surface area contributed by atoms with Gasteiger partial charge >= 0.3 is 12.4 Å². The second kappa shape index (κ2) is 16.6. The highest BCUT2D eigenvalue weighted by Gasteiger charge is 2.37. The Labute approximate surface area is 379 Å². The van der Waals surface area contributed by atoms with Crippen molar-refractivity contribution in [2.24, 2.45) is 0 Å². The molecular formula is C55H30F6N6. The van der Waals surface area contributed by atoms with E-state index in [1.165, 1.54) is 54.6 Å². The zero-order valence-electron chi connectivity index (χ0n) is 34.8. The number of alkyl halides is 6. The topological polar surface area (TPSA) is 71.8 Å². The summed E-state index contributed by atoms with van der Waals surface area (Å²) in [4.78, 5) is 18.2. The monoisotopic (exact) mass is 888 g/mol. The Bertz CT molecular complexity index is 3500. The van der Waals surface area contributed by atoms with Gasteiger partial charge in [0.25, 0.3) is 0 Å². The molecule has 6 nitrogen and oxygen atoms in total. The molecule has 2 aromatic heterocycles. The number of hydrogen-bond donors (Lipinski definition) is 0. The predicted octanol–water partition coefficient (Wildman–Crippen LogP) is 15.4. The first-order valence-electron chi connectivity index (χ1n) is 20.8. The lowest BCUT2D eigenvalue weighted by molar-refractivity contribution is -0.137. The maximum absolute atomic E-state index is 15.4. The number of fused-ring (bicyclic) bond motifs is 3. The van der Waals surface area contributed by atoms with Crippen molar-refractivity contribution in [2.75, 3.05) is 0 Å². The highest BCUT2D eigenvalue weighted by atomic mass is 19.4. The number of benzene rings is 8. The normalized spacial score (nSPS) is 11.7. The Morgan fingerprint density at radius 2 is 0.940 bits per heavy atom. The van der Waals surface area contributed by atoms with Crippen LogP contribution in [-0.4, -0.2) is 19.5 Å². The minimum Gasteiger partial charge on any atom is -0.308 e. The third-order valence-electron chi connectivity index (χ3n) is 11.6. The smallest absolute Gasteiger partial charge is 0.308 e. The largest absolute Gasteiger partial charge is 0.417 e. The minimum atomic E-state index is -4.89. The van der Waals surface area contributed by atoms with Gasteiger partial charge in [0.05, 0.1) is 40.5 Å². The summed E-state index contributed by atoms with van der Waals surface area (Å²) in [6, 6.07) is 50.3. The summed E-state index contributed by atoms with van der Waals surface area (Å²) in [7, 11) is 0. The SMILES string of the molecule is [C-]#[N+]c1cc(C#N)ccc1-c1ccc2c(c1)c1ccccc1n2-c1c(-c2ccccc2C(F)(F)F)cc(-c2nc(-c3ccccc3)nc(-c3ccccc3)n2)cc1-c1ccccc1C(F)(F)F. The lowest BCUT2D eigenvalue weighted by Crippen LogP contribution is -2.11. The molecule has 2 heterocycles. The summed E-state index contributed by atoms with van der Waals surface area (Å²) >= 11 is 0. The minimum absolute atomic E-state index is 0.0145. The molecule has 0 aliphatic carbocycles. The fourth-order valence-corrected chi connectivity index (χ4v) is 8.60. The van der Waals surface area contributed by atoms with Crippen molar-refractivity contribution in [3.63, 3.8) is 0 Å². The Kier molecular flexibility index (Phi) is 10.4. The van der Waals surface area contributed by atoms with Crippen molar-refractivity contribution in [1.82, 2.24) is 19.5 Å². The molecule has 322 valence electrons. The van der Waals surface area contributed by atoms with Crippen LogP contribution in [0.5, 0.6) is 0 Å². The van der Waals surface area contributed by atoms with E-state index in [1.54, 1.807) is 95.6 Å². The maximum Gasteiger partial charge on any atom is 0.417 e. The average Bonchev–Trinajstić information content (AvgIpc) is 3.68. The quantitative estimate of drug-likeness (QED) is 0.118. The lowest BCUT2D eigenvalue weighted by Gasteiger charge is -2.24. The van der Waals surface area contributed by atoms with Crippen LogP contribution in [0.2, 0.25) is 0 Å². The third kappa shape index (κ3) is 7.70. The summed E-state index contributed by atoms with van der Waals surface area (Å²) in [6.07, 6.45) is -9.78. The summed E-state index contributed by atoms with van der Waals surface area (Å²) < 4.78 is 93.8. The van der Waals surface area contributed by atoms with Gasteiger partial charge in [-0.1, -0.05) is 127 Å². The Morgan fingerprint density at radius 1 is 0.448 bits per heavy atom. The second-order valence-corrected chi connectivity index (χ2v) is 15.6. The van der Waals surface area contributed by atoms with Gasteiger partial charge in [-0.25, -0.2) is 19.8 Å². The van der Waals surface area contributed by atoms with E-state index in [-0.39, 0.29) is 56.7 Å². The fraction of sp³-hybridized carbons (Fsp3) is 0.0364. The van der Waals surface area contributed by atoms with Gasteiger partial charge in [0.15, 0.2) is 23.2 Å². The van der Waals surface area contributed by atoms with Crippen molar-refractivity contribution in [3.8, 4) is 79.3 Å². The van der Waals surface area contributed by atoms with E-state index in [0.717, 1.165) is 12.1 Å². The van der Waals surface area contributed by atoms with E-state index >= 15 is 26.3 Å². The van der Waals surface area contributed by atoms with Crippen LogP contribution in [0.1, 0.15) is 16.7 Å². The molecule has 0 radical (unpaired) electrons. The van der Waals surface area contributed by atoms with E-state index in [1.807, 2.05) is 24.3 Å². The van der Waals surface area contributed by atoms with E-state index < -0.39 is 23.5 Å². The number of halogens is 6. The van der Waals surface area contributed by atoms with Crippen LogP contribution in [0, 0.1) is 17.9 Å². The van der Waals surface area contributed by atoms with Crippen molar-refractivity contribution in [3.05, 3.63) is 210 Å². The van der Waals surface area contributed by atoms with E-state index in [4.69, 9.17) is 21.5 Å². The van der Waals surface area contributed by atoms with E-state index in [2.05, 4.69) is 10.9 Å². The number of rotatable bonds is 7. The molecule has 8 aromatic carbocycles. The van der Waals surface area contributed by atoms with E-state index in [9.17, 15) is 5.26 Å². The molecule has 0 aliphatic rings. The highest BCUT2D eigenvalue weighted by molar-refractivity contribution is 6.12. The molecule has 67 heavy (non-hydrogen) atoms. The van der Waals surface area contributed by atoms with Crippen LogP contribution in [0.4, 0.5) is 32.0 Å². The van der Waals surface area contributed by atoms with Crippen molar-refractivity contribution >= 4 is 27.5 Å². The Hall–Kier alpha value is -8.87. The highest BCUT2D eigenvalue weighted by Crippen LogP contribution is 2.49. The molecular weight excluding hydrogens is 859 g/mol. The summed E-state index contributed by atoms with van der Waals surface area (Å²) in [5, 5.41) is 10.8. The van der Waals surface area contributed by atoms with Gasteiger partial charge in [-0.05, 0) is 76.9 Å². The van der Waals surface area contributed by atoms with Crippen LogP contribution in [0.25, 0.3) is 99.9 Å². The molecule has 10 rings (SSSR count). The van der Waals surface area contributed by atoms with Crippen LogP contribution in [-0.2, 0) is 12.4 Å². The first kappa shape index (κ1) is 42.1. The number of nitrogens with zero attached hydrogens (tertiary/aromatic N) is 6. The zero-order chi connectivity index (χ0) is 46.5. The number of para-hydroxylation sites is 1. The molecule has 0 fully saturated rings. The molecule has 0 spiro atoms. The molecule has 0 saturated heterocycles. The van der Waals surface area contributed by atoms with Gasteiger partial charge in [-0.2, -0.15) is 31.6 Å². The molecule has 12 heteroatoms. The first-order valence-corrected chi connectivity index (χ1v) is 20.8. The molecule has 0 aliphatic heterocycles. The molecule has 0 unspecified atom stereocenters. The second-order valence-electron chi connectivity index (χ2n) is 15.6. The Balaban J connectivity index is 1.37. The van der Waals surface area contributed by atoms with Gasteiger partial charge in [-0.3, -0.25) is 0 Å². The fourth-order valence-electron chi connectivity index (χ4n) is 8.60.